The van der Waals surface area contributed by atoms with Crippen LogP contribution in [0.5, 0.6) is 17.2 Å². The molecule has 1 amide bonds. The molecular formula is C29H29N3O3S2. The second-order valence-corrected chi connectivity index (χ2v) is 10.5. The number of unbranched alkanes of at least 4 members (excludes halogenated alkanes) is 1. The lowest BCUT2D eigenvalue weighted by Gasteiger charge is -2.19. The number of amidine groups is 1. The second-order valence-electron chi connectivity index (χ2n) is 8.53. The highest BCUT2D eigenvalue weighted by molar-refractivity contribution is 8.19. The summed E-state index contributed by atoms with van der Waals surface area (Å²) in [6.07, 6.45) is 1.92. The van der Waals surface area contributed by atoms with E-state index in [0.29, 0.717) is 11.7 Å². The van der Waals surface area contributed by atoms with Crippen molar-refractivity contribution in [3.8, 4) is 17.2 Å². The molecule has 2 heterocycles. The van der Waals surface area contributed by atoms with Crippen LogP contribution in [0.15, 0.2) is 92.6 Å². The highest BCUT2D eigenvalue weighted by atomic mass is 32.2. The van der Waals surface area contributed by atoms with Crippen molar-refractivity contribution >= 4 is 46.0 Å². The molecule has 0 aromatic heterocycles. The average molecular weight is 532 g/mol. The molecule has 0 atom stereocenters. The molecule has 8 heteroatoms. The molecule has 0 spiro atoms. The van der Waals surface area contributed by atoms with Crippen LogP contribution < -0.4 is 14.4 Å². The van der Waals surface area contributed by atoms with Gasteiger partial charge in [-0.1, -0.05) is 43.3 Å². The van der Waals surface area contributed by atoms with Gasteiger partial charge in [0.15, 0.2) is 5.17 Å². The Kier molecular flexibility index (Phi) is 7.76. The smallest absolute Gasteiger partial charge is 0.269 e. The number of carbonyl (C=O) groups excluding carboxylic acids is 1. The summed E-state index contributed by atoms with van der Waals surface area (Å²) in [5, 5.41) is 1.67. The van der Waals surface area contributed by atoms with E-state index < -0.39 is 0 Å². The van der Waals surface area contributed by atoms with Crippen molar-refractivity contribution in [1.82, 2.24) is 4.90 Å². The zero-order valence-corrected chi connectivity index (χ0v) is 22.8. The van der Waals surface area contributed by atoms with Crippen LogP contribution in [0.4, 0.5) is 11.4 Å². The fourth-order valence-corrected chi connectivity index (χ4v) is 6.53. The van der Waals surface area contributed by atoms with Crippen LogP contribution in [-0.2, 0) is 4.79 Å². The van der Waals surface area contributed by atoms with Crippen LogP contribution in [0.2, 0.25) is 0 Å². The van der Waals surface area contributed by atoms with E-state index in [0.717, 1.165) is 62.8 Å². The highest BCUT2D eigenvalue weighted by Gasteiger charge is 2.39. The van der Waals surface area contributed by atoms with Crippen LogP contribution in [0.1, 0.15) is 26.7 Å². The van der Waals surface area contributed by atoms with Gasteiger partial charge in [-0.05, 0) is 73.6 Å². The summed E-state index contributed by atoms with van der Waals surface area (Å²) in [4.78, 5) is 24.4. The Morgan fingerprint density at radius 2 is 1.59 bits per heavy atom. The molecule has 0 radical (unpaired) electrons. The van der Waals surface area contributed by atoms with Gasteiger partial charge in [-0.15, -0.1) is 0 Å². The first-order valence-electron chi connectivity index (χ1n) is 12.4. The van der Waals surface area contributed by atoms with E-state index in [9.17, 15) is 4.79 Å². The number of para-hydroxylation sites is 1. The molecule has 2 aliphatic heterocycles. The number of anilines is 1. The number of amides is 1. The zero-order valence-electron chi connectivity index (χ0n) is 21.1. The zero-order chi connectivity index (χ0) is 25.8. The maximum Gasteiger partial charge on any atom is 0.269 e. The number of benzene rings is 3. The summed E-state index contributed by atoms with van der Waals surface area (Å²) in [5.41, 5.74) is 1.85. The summed E-state index contributed by atoms with van der Waals surface area (Å²) in [7, 11) is 1.67. The Morgan fingerprint density at radius 3 is 2.30 bits per heavy atom. The quantitative estimate of drug-likeness (QED) is 0.278. The molecule has 3 aromatic rings. The molecule has 1 saturated heterocycles. The predicted molar refractivity (Wildman–Crippen MR) is 153 cm³/mol. The fraction of sp³-hybridized carbons (Fsp3) is 0.241. The lowest BCUT2D eigenvalue weighted by Crippen LogP contribution is -2.30. The van der Waals surface area contributed by atoms with Crippen LogP contribution in [0, 0.1) is 0 Å². The fourth-order valence-electron chi connectivity index (χ4n) is 4.13. The third kappa shape index (κ3) is 5.36. The third-order valence-electron chi connectivity index (χ3n) is 6.06. The first-order valence-corrected chi connectivity index (χ1v) is 14.0. The molecule has 37 heavy (non-hydrogen) atoms. The van der Waals surface area contributed by atoms with E-state index in [4.69, 9.17) is 14.5 Å². The molecule has 0 N–H and O–H groups in total. The third-order valence-corrected chi connectivity index (χ3v) is 8.44. The van der Waals surface area contributed by atoms with Crippen LogP contribution in [0.25, 0.3) is 0 Å². The van der Waals surface area contributed by atoms with Crippen molar-refractivity contribution < 1.29 is 14.3 Å². The van der Waals surface area contributed by atoms with Gasteiger partial charge in [0.2, 0.25) is 0 Å². The van der Waals surface area contributed by atoms with Crippen LogP contribution in [0.3, 0.4) is 0 Å². The SMILES string of the molecule is CCCCN1C(=O)C(=C2Sc3ccc(OC)cc3N2CC)SC1=Nc1ccc(Oc2ccccc2)cc1. The van der Waals surface area contributed by atoms with Crippen molar-refractivity contribution in [2.75, 3.05) is 25.1 Å². The first-order chi connectivity index (χ1) is 18.1. The largest absolute Gasteiger partial charge is 0.497 e. The number of ether oxygens (including phenoxy) is 2. The Balaban J connectivity index is 1.44. The highest BCUT2D eigenvalue weighted by Crippen LogP contribution is 2.51. The topological polar surface area (TPSA) is 54.4 Å². The Bertz CT molecular complexity index is 1340. The minimum atomic E-state index is 0.0157. The molecule has 0 saturated carbocycles. The number of carbonyl (C=O) groups is 1. The molecule has 0 bridgehead atoms. The average Bonchev–Trinajstić information content (AvgIpc) is 3.44. The van der Waals surface area contributed by atoms with Gasteiger partial charge >= 0.3 is 0 Å². The Morgan fingerprint density at radius 1 is 0.865 bits per heavy atom. The van der Waals surface area contributed by atoms with E-state index in [-0.39, 0.29) is 5.91 Å². The summed E-state index contributed by atoms with van der Waals surface area (Å²) < 4.78 is 11.3. The van der Waals surface area contributed by atoms with Gasteiger partial charge in [0.1, 0.15) is 27.2 Å². The minimum absolute atomic E-state index is 0.0157. The van der Waals surface area contributed by atoms with Gasteiger partial charge in [0, 0.05) is 24.1 Å². The van der Waals surface area contributed by atoms with Gasteiger partial charge in [-0.25, -0.2) is 4.99 Å². The van der Waals surface area contributed by atoms with Gasteiger partial charge in [-0.2, -0.15) is 0 Å². The molecule has 1 fully saturated rings. The van der Waals surface area contributed by atoms with E-state index in [1.165, 1.54) is 11.8 Å². The van der Waals surface area contributed by atoms with Crippen molar-refractivity contribution in [1.29, 1.82) is 0 Å². The summed E-state index contributed by atoms with van der Waals surface area (Å²) in [6, 6.07) is 23.4. The maximum absolute atomic E-state index is 13.7. The summed E-state index contributed by atoms with van der Waals surface area (Å²) >= 11 is 3.09. The maximum atomic E-state index is 13.7. The van der Waals surface area contributed by atoms with Crippen LogP contribution >= 0.6 is 23.5 Å². The van der Waals surface area contributed by atoms with Gasteiger partial charge < -0.3 is 14.4 Å². The van der Waals surface area contributed by atoms with Gasteiger partial charge in [0.25, 0.3) is 5.91 Å². The number of aliphatic imine (C=N–C) groups is 1. The number of nitrogens with zero attached hydrogens (tertiary/aromatic N) is 3. The van der Waals surface area contributed by atoms with E-state index in [2.05, 4.69) is 24.8 Å². The molecule has 190 valence electrons. The number of hydrogen-bond acceptors (Lipinski definition) is 7. The molecule has 5 rings (SSSR count). The lowest BCUT2D eigenvalue weighted by atomic mass is 10.2. The number of rotatable bonds is 8. The standard InChI is InChI=1S/C29H29N3O3S2/c1-4-6-18-32-27(33)26(28-31(5-2)24-19-23(34-3)16-17-25(24)36-28)37-29(32)30-20-12-14-22(15-13-20)35-21-10-8-7-9-11-21/h7-17,19H,4-6,18H2,1-3H3. The molecular weight excluding hydrogens is 502 g/mol. The van der Waals surface area contributed by atoms with Crippen molar-refractivity contribution in [3.05, 3.63) is 82.7 Å². The number of thioether (sulfide) groups is 2. The molecule has 0 unspecified atom stereocenters. The van der Waals surface area contributed by atoms with Gasteiger partial charge in [-0.3, -0.25) is 9.69 Å². The minimum Gasteiger partial charge on any atom is -0.497 e. The number of fused-ring (bicyclic) bond motifs is 1. The monoisotopic (exact) mass is 531 g/mol. The number of methoxy groups -OCH3 is 1. The van der Waals surface area contributed by atoms with Gasteiger partial charge in [0.05, 0.1) is 18.5 Å². The lowest BCUT2D eigenvalue weighted by molar-refractivity contribution is -0.122. The molecule has 0 aliphatic carbocycles. The molecule has 3 aromatic carbocycles. The van der Waals surface area contributed by atoms with Crippen molar-refractivity contribution in [3.63, 3.8) is 0 Å². The molecule has 6 nitrogen and oxygen atoms in total. The number of hydrogen-bond donors (Lipinski definition) is 0. The first kappa shape index (κ1) is 25.3. The van der Waals surface area contributed by atoms with Crippen molar-refractivity contribution in [2.24, 2.45) is 4.99 Å². The van der Waals surface area contributed by atoms with E-state index in [1.54, 1.807) is 18.9 Å². The van der Waals surface area contributed by atoms with Crippen molar-refractivity contribution in [2.45, 2.75) is 31.6 Å². The Labute approximate surface area is 226 Å². The summed E-state index contributed by atoms with van der Waals surface area (Å²) in [6.45, 7) is 5.63. The second kappa shape index (κ2) is 11.4. The predicted octanol–water partition coefficient (Wildman–Crippen LogP) is 7.65. The van der Waals surface area contributed by atoms with E-state index >= 15 is 0 Å². The van der Waals surface area contributed by atoms with E-state index in [1.807, 2.05) is 71.6 Å². The normalized spacial score (nSPS) is 18.0. The summed E-state index contributed by atoms with van der Waals surface area (Å²) in [5.74, 6) is 2.35. The molecule has 2 aliphatic rings. The van der Waals surface area contributed by atoms with Crippen LogP contribution in [-0.4, -0.2) is 36.2 Å². The Hall–Kier alpha value is -3.36.